The van der Waals surface area contributed by atoms with Crippen LogP contribution in [0.1, 0.15) is 18.4 Å². The number of hydrogen-bond donors (Lipinski definition) is 2. The summed E-state index contributed by atoms with van der Waals surface area (Å²) in [6.45, 7) is 1.07. The predicted molar refractivity (Wildman–Crippen MR) is 74.5 cm³/mol. The molecule has 1 rings (SSSR count). The number of carbonyl (C=O) groups excluding carboxylic acids is 1. The Morgan fingerprint density at radius 3 is 2.84 bits per heavy atom. The van der Waals surface area contributed by atoms with E-state index in [4.69, 9.17) is 15.2 Å². The van der Waals surface area contributed by atoms with Gasteiger partial charge in [-0.2, -0.15) is 0 Å². The van der Waals surface area contributed by atoms with E-state index in [2.05, 4.69) is 5.32 Å². The van der Waals surface area contributed by atoms with Crippen molar-refractivity contribution in [2.24, 2.45) is 5.73 Å². The molecule has 106 valence electrons. The molecule has 0 aliphatic heterocycles. The lowest BCUT2D eigenvalue weighted by atomic mass is 10.1. The summed E-state index contributed by atoms with van der Waals surface area (Å²) in [6, 6.07) is 5.67. The van der Waals surface area contributed by atoms with E-state index in [1.807, 2.05) is 18.2 Å². The van der Waals surface area contributed by atoms with Crippen molar-refractivity contribution < 1.29 is 14.3 Å². The number of carbonyl (C=O) groups is 1. The fourth-order valence-electron chi connectivity index (χ4n) is 1.71. The molecule has 1 aromatic carbocycles. The summed E-state index contributed by atoms with van der Waals surface area (Å²) in [6.07, 6.45) is 1.90. The van der Waals surface area contributed by atoms with Gasteiger partial charge in [-0.25, -0.2) is 0 Å². The monoisotopic (exact) mass is 266 g/mol. The Morgan fingerprint density at radius 1 is 1.42 bits per heavy atom. The molecule has 5 heteroatoms. The van der Waals surface area contributed by atoms with E-state index in [1.165, 1.54) is 0 Å². The molecule has 0 bridgehead atoms. The summed E-state index contributed by atoms with van der Waals surface area (Å²) < 4.78 is 10.9. The number of amides is 1. The van der Waals surface area contributed by atoms with E-state index in [-0.39, 0.29) is 5.91 Å². The Morgan fingerprint density at radius 2 is 2.21 bits per heavy atom. The number of nitrogens with one attached hydrogen (secondary N) is 1. The van der Waals surface area contributed by atoms with Crippen LogP contribution in [0.3, 0.4) is 0 Å². The van der Waals surface area contributed by atoms with Gasteiger partial charge in [-0.1, -0.05) is 0 Å². The van der Waals surface area contributed by atoms with Crippen molar-refractivity contribution in [3.05, 3.63) is 23.8 Å². The summed E-state index contributed by atoms with van der Waals surface area (Å²) in [5.74, 6) is 1.63. The average Bonchev–Trinajstić information content (AvgIpc) is 2.44. The zero-order chi connectivity index (χ0) is 14.1. The van der Waals surface area contributed by atoms with Crippen LogP contribution in [0.5, 0.6) is 11.5 Å². The van der Waals surface area contributed by atoms with Crippen molar-refractivity contribution in [2.45, 2.75) is 19.3 Å². The Kier molecular flexibility index (Phi) is 6.74. The molecule has 0 heterocycles. The van der Waals surface area contributed by atoms with E-state index < -0.39 is 0 Å². The van der Waals surface area contributed by atoms with E-state index in [1.54, 1.807) is 14.2 Å². The molecular weight excluding hydrogens is 244 g/mol. The van der Waals surface area contributed by atoms with Gasteiger partial charge in [0.1, 0.15) is 11.5 Å². The molecule has 3 N–H and O–H groups in total. The van der Waals surface area contributed by atoms with Crippen LogP contribution < -0.4 is 20.5 Å². The number of hydrogen-bond acceptors (Lipinski definition) is 4. The van der Waals surface area contributed by atoms with Gasteiger partial charge in [0.25, 0.3) is 0 Å². The zero-order valence-corrected chi connectivity index (χ0v) is 11.6. The van der Waals surface area contributed by atoms with Gasteiger partial charge in [-0.05, 0) is 43.1 Å². The normalized spacial score (nSPS) is 10.1. The first-order chi connectivity index (χ1) is 9.21. The van der Waals surface area contributed by atoms with Crippen molar-refractivity contribution in [3.8, 4) is 11.5 Å². The molecule has 1 amide bonds. The van der Waals surface area contributed by atoms with Crippen LogP contribution in [0.25, 0.3) is 0 Å². The molecule has 0 saturated carbocycles. The third kappa shape index (κ3) is 5.18. The fourth-order valence-corrected chi connectivity index (χ4v) is 1.71. The molecule has 1 aromatic rings. The van der Waals surface area contributed by atoms with Crippen molar-refractivity contribution in [1.29, 1.82) is 0 Å². The summed E-state index contributed by atoms with van der Waals surface area (Å²) >= 11 is 0. The van der Waals surface area contributed by atoms with E-state index in [0.717, 1.165) is 23.5 Å². The summed E-state index contributed by atoms with van der Waals surface area (Å²) in [7, 11) is 3.26. The van der Waals surface area contributed by atoms with Crippen LogP contribution in [-0.2, 0) is 11.2 Å². The first-order valence-electron chi connectivity index (χ1n) is 6.41. The lowest BCUT2D eigenvalue weighted by Gasteiger charge is -2.12. The summed E-state index contributed by atoms with van der Waals surface area (Å²) in [4.78, 5) is 11.1. The Labute approximate surface area is 114 Å². The molecule has 0 aromatic heterocycles. The number of ether oxygens (including phenoxy) is 2. The molecule has 0 aliphatic carbocycles. The molecular formula is C14H22N2O3. The molecule has 0 atom stereocenters. The lowest BCUT2D eigenvalue weighted by molar-refractivity contribution is -0.120. The fraction of sp³-hybridized carbons (Fsp3) is 0.500. The van der Waals surface area contributed by atoms with Crippen molar-refractivity contribution >= 4 is 5.91 Å². The highest BCUT2D eigenvalue weighted by Crippen LogP contribution is 2.24. The van der Waals surface area contributed by atoms with Crippen LogP contribution >= 0.6 is 0 Å². The Balaban J connectivity index is 2.54. The first-order valence-corrected chi connectivity index (χ1v) is 6.41. The molecule has 0 aliphatic rings. The second kappa shape index (κ2) is 8.37. The standard InChI is InChI=1S/C14H22N2O3/c1-16-14(17)4-3-9-19-13-6-5-12(18-2)10-11(13)7-8-15/h5-6,10H,3-4,7-9,15H2,1-2H3,(H,16,17). The van der Waals surface area contributed by atoms with Gasteiger partial charge in [0.2, 0.25) is 5.91 Å². The van der Waals surface area contributed by atoms with Crippen molar-refractivity contribution in [2.75, 3.05) is 27.3 Å². The van der Waals surface area contributed by atoms with Gasteiger partial charge in [0.05, 0.1) is 13.7 Å². The second-order valence-corrected chi connectivity index (χ2v) is 4.14. The minimum Gasteiger partial charge on any atom is -0.497 e. The van der Waals surface area contributed by atoms with Crippen LogP contribution in [0.15, 0.2) is 18.2 Å². The smallest absolute Gasteiger partial charge is 0.219 e. The third-order valence-electron chi connectivity index (χ3n) is 2.77. The van der Waals surface area contributed by atoms with Gasteiger partial charge in [0.15, 0.2) is 0 Å². The molecule has 0 unspecified atom stereocenters. The summed E-state index contributed by atoms with van der Waals surface area (Å²) in [5.41, 5.74) is 6.61. The first kappa shape index (κ1) is 15.3. The maximum absolute atomic E-state index is 11.1. The van der Waals surface area contributed by atoms with E-state index >= 15 is 0 Å². The number of rotatable bonds is 8. The average molecular weight is 266 g/mol. The van der Waals surface area contributed by atoms with Crippen LogP contribution in [0.4, 0.5) is 0 Å². The van der Waals surface area contributed by atoms with Gasteiger partial charge in [-0.3, -0.25) is 4.79 Å². The van der Waals surface area contributed by atoms with Crippen LogP contribution in [0.2, 0.25) is 0 Å². The summed E-state index contributed by atoms with van der Waals surface area (Å²) in [5, 5.41) is 2.58. The molecule has 0 radical (unpaired) electrons. The van der Waals surface area contributed by atoms with Gasteiger partial charge in [0, 0.05) is 13.5 Å². The molecule has 0 spiro atoms. The Bertz CT molecular complexity index is 408. The van der Waals surface area contributed by atoms with Gasteiger partial charge < -0.3 is 20.5 Å². The van der Waals surface area contributed by atoms with E-state index in [0.29, 0.717) is 26.0 Å². The quantitative estimate of drug-likeness (QED) is 0.691. The maximum atomic E-state index is 11.1. The van der Waals surface area contributed by atoms with Crippen molar-refractivity contribution in [3.63, 3.8) is 0 Å². The molecule has 0 fully saturated rings. The van der Waals surface area contributed by atoms with Gasteiger partial charge >= 0.3 is 0 Å². The van der Waals surface area contributed by atoms with Crippen LogP contribution in [0, 0.1) is 0 Å². The minimum absolute atomic E-state index is 0.0283. The maximum Gasteiger partial charge on any atom is 0.219 e. The second-order valence-electron chi connectivity index (χ2n) is 4.14. The SMILES string of the molecule is CNC(=O)CCCOc1ccc(OC)cc1CCN. The van der Waals surface area contributed by atoms with Gasteiger partial charge in [-0.15, -0.1) is 0 Å². The highest BCUT2D eigenvalue weighted by molar-refractivity contribution is 5.75. The Hall–Kier alpha value is -1.75. The van der Waals surface area contributed by atoms with E-state index in [9.17, 15) is 4.79 Å². The van der Waals surface area contributed by atoms with Crippen molar-refractivity contribution in [1.82, 2.24) is 5.32 Å². The number of nitrogens with two attached hydrogens (primary N) is 1. The highest BCUT2D eigenvalue weighted by atomic mass is 16.5. The lowest BCUT2D eigenvalue weighted by Crippen LogP contribution is -2.18. The highest BCUT2D eigenvalue weighted by Gasteiger charge is 2.06. The third-order valence-corrected chi connectivity index (χ3v) is 2.77. The largest absolute Gasteiger partial charge is 0.497 e. The number of benzene rings is 1. The molecule has 0 saturated heterocycles. The predicted octanol–water partition coefficient (Wildman–Crippen LogP) is 1.10. The number of methoxy groups -OCH3 is 1. The van der Waals surface area contributed by atoms with Crippen LogP contribution in [-0.4, -0.2) is 33.2 Å². The molecule has 5 nitrogen and oxygen atoms in total. The minimum atomic E-state index is 0.0283. The zero-order valence-electron chi connectivity index (χ0n) is 11.6. The topological polar surface area (TPSA) is 73.6 Å². The molecule has 19 heavy (non-hydrogen) atoms.